The van der Waals surface area contributed by atoms with Crippen LogP contribution in [0.1, 0.15) is 43.7 Å². The minimum Gasteiger partial charge on any atom is -0.480 e. The molecular formula is C24H23Cl2F2N5O2. The summed E-state index contributed by atoms with van der Waals surface area (Å²) < 4.78 is 30.7. The van der Waals surface area contributed by atoms with Crippen LogP contribution in [0.5, 0.6) is 0 Å². The molecule has 1 aliphatic heterocycles. The Hall–Kier alpha value is -2.89. The summed E-state index contributed by atoms with van der Waals surface area (Å²) in [5, 5.41) is 27.1. The highest BCUT2D eigenvalue weighted by Gasteiger charge is 2.61. The molecule has 1 fully saturated rings. The minimum atomic E-state index is -1.83. The molecule has 0 amide bonds. The zero-order chi connectivity index (χ0) is 26.0. The molecular weight excluding hydrogens is 499 g/mol. The lowest BCUT2D eigenvalue weighted by atomic mass is 9.62. The summed E-state index contributed by atoms with van der Waals surface area (Å²) in [6.07, 6.45) is 0.625. The van der Waals surface area contributed by atoms with Crippen molar-refractivity contribution in [2.75, 3.05) is 6.54 Å². The third kappa shape index (κ3) is 5.07. The smallest absolute Gasteiger partial charge is 0.321 e. The molecule has 184 valence electrons. The minimum absolute atomic E-state index is 0.0943. The third-order valence-corrected chi connectivity index (χ3v) is 7.13. The Labute approximate surface area is 211 Å². The number of rotatable bonds is 8. The van der Waals surface area contributed by atoms with E-state index < -0.39 is 46.4 Å². The molecule has 0 spiro atoms. The van der Waals surface area contributed by atoms with Gasteiger partial charge in [0.25, 0.3) is 0 Å². The van der Waals surface area contributed by atoms with Crippen molar-refractivity contribution in [1.82, 2.24) is 5.32 Å². The molecule has 0 unspecified atom stereocenters. The van der Waals surface area contributed by atoms with Gasteiger partial charge in [0.15, 0.2) is 0 Å². The zero-order valence-electron chi connectivity index (χ0n) is 19.0. The molecule has 0 bridgehead atoms. The first-order valence-corrected chi connectivity index (χ1v) is 11.5. The average molecular weight is 522 g/mol. The summed E-state index contributed by atoms with van der Waals surface area (Å²) in [5.41, 5.74) is 6.02. The van der Waals surface area contributed by atoms with Crippen molar-refractivity contribution in [3.8, 4) is 6.07 Å². The van der Waals surface area contributed by atoms with E-state index in [1.54, 1.807) is 0 Å². The van der Waals surface area contributed by atoms with Crippen LogP contribution >= 0.6 is 23.2 Å². The molecule has 4 atom stereocenters. The molecule has 7 nitrogen and oxygen atoms in total. The lowest BCUT2D eigenvalue weighted by molar-refractivity contribution is -0.139. The normalized spacial score (nSPS) is 24.0. The SMILES string of the molecule is CC(C)(CCN=[N+]=[N-])C[C@@H]1N[C@@H](C(=O)O)[C@H](c2cccc(Cl)c2F)[C@@]1(C#N)c1ccc(Cl)cc1F. The van der Waals surface area contributed by atoms with Crippen LogP contribution in [0.25, 0.3) is 10.4 Å². The first-order chi connectivity index (χ1) is 16.5. The fourth-order valence-corrected chi connectivity index (χ4v) is 5.32. The van der Waals surface area contributed by atoms with Gasteiger partial charge in [-0.05, 0) is 47.6 Å². The van der Waals surface area contributed by atoms with Crippen molar-refractivity contribution in [3.05, 3.63) is 79.6 Å². The number of nitriles is 1. The molecule has 0 radical (unpaired) electrons. The van der Waals surface area contributed by atoms with Crippen LogP contribution in [0.2, 0.25) is 10.0 Å². The van der Waals surface area contributed by atoms with Gasteiger partial charge in [-0.3, -0.25) is 10.1 Å². The van der Waals surface area contributed by atoms with Crippen molar-refractivity contribution in [3.63, 3.8) is 0 Å². The van der Waals surface area contributed by atoms with E-state index in [0.717, 1.165) is 6.07 Å². The van der Waals surface area contributed by atoms with Gasteiger partial charge in [0.2, 0.25) is 0 Å². The Morgan fingerprint density at radius 2 is 2.06 bits per heavy atom. The van der Waals surface area contributed by atoms with Gasteiger partial charge in [-0.2, -0.15) is 5.26 Å². The topological polar surface area (TPSA) is 122 Å². The van der Waals surface area contributed by atoms with E-state index in [1.807, 2.05) is 13.8 Å². The Morgan fingerprint density at radius 3 is 2.66 bits per heavy atom. The van der Waals surface area contributed by atoms with E-state index in [-0.39, 0.29) is 34.1 Å². The van der Waals surface area contributed by atoms with Crippen LogP contribution in [0, 0.1) is 28.4 Å². The Balaban J connectivity index is 2.29. The number of carboxylic acid groups (broad SMARTS) is 1. The molecule has 2 N–H and O–H groups in total. The molecule has 2 aromatic rings. The highest BCUT2D eigenvalue weighted by molar-refractivity contribution is 6.31. The number of carbonyl (C=O) groups is 1. The largest absolute Gasteiger partial charge is 0.480 e. The molecule has 1 heterocycles. The molecule has 1 aliphatic rings. The van der Waals surface area contributed by atoms with Gasteiger partial charge in [-0.25, -0.2) is 8.78 Å². The van der Waals surface area contributed by atoms with Crippen LogP contribution in [-0.2, 0) is 10.2 Å². The number of benzene rings is 2. The number of nitrogens with zero attached hydrogens (tertiary/aromatic N) is 4. The second-order valence-electron chi connectivity index (χ2n) is 9.33. The average Bonchev–Trinajstić information content (AvgIpc) is 3.10. The predicted molar refractivity (Wildman–Crippen MR) is 128 cm³/mol. The van der Waals surface area contributed by atoms with E-state index in [0.29, 0.717) is 6.42 Å². The third-order valence-electron chi connectivity index (χ3n) is 6.61. The highest BCUT2D eigenvalue weighted by Crippen LogP contribution is 2.53. The lowest BCUT2D eigenvalue weighted by Crippen LogP contribution is -2.45. The van der Waals surface area contributed by atoms with Crippen LogP contribution in [-0.4, -0.2) is 29.7 Å². The number of azide groups is 1. The van der Waals surface area contributed by atoms with Gasteiger partial charge < -0.3 is 5.11 Å². The Bertz CT molecular complexity index is 1230. The van der Waals surface area contributed by atoms with Crippen molar-refractivity contribution < 1.29 is 18.7 Å². The zero-order valence-corrected chi connectivity index (χ0v) is 20.5. The maximum Gasteiger partial charge on any atom is 0.321 e. The monoisotopic (exact) mass is 521 g/mol. The maximum absolute atomic E-state index is 15.4. The Morgan fingerprint density at radius 1 is 1.34 bits per heavy atom. The molecule has 2 aromatic carbocycles. The second kappa shape index (κ2) is 10.4. The quantitative estimate of drug-likeness (QED) is 0.238. The van der Waals surface area contributed by atoms with Crippen molar-refractivity contribution in [1.29, 1.82) is 5.26 Å². The van der Waals surface area contributed by atoms with Gasteiger partial charge in [0.05, 0.1) is 11.1 Å². The van der Waals surface area contributed by atoms with Crippen molar-refractivity contribution in [2.24, 2.45) is 10.5 Å². The van der Waals surface area contributed by atoms with Crippen molar-refractivity contribution in [2.45, 2.75) is 50.1 Å². The van der Waals surface area contributed by atoms with E-state index in [4.69, 9.17) is 28.7 Å². The number of hydrogen-bond donors (Lipinski definition) is 2. The van der Waals surface area contributed by atoms with Crippen molar-refractivity contribution >= 4 is 29.2 Å². The number of hydrogen-bond acceptors (Lipinski definition) is 4. The summed E-state index contributed by atoms with van der Waals surface area (Å²) in [4.78, 5) is 15.1. The summed E-state index contributed by atoms with van der Waals surface area (Å²) in [7, 11) is 0. The number of aliphatic carboxylic acids is 1. The van der Waals surface area contributed by atoms with E-state index in [2.05, 4.69) is 21.4 Å². The maximum atomic E-state index is 15.4. The summed E-state index contributed by atoms with van der Waals surface area (Å²) >= 11 is 12.0. The fraction of sp³-hybridized carbons (Fsp3) is 0.417. The molecule has 0 saturated carbocycles. The van der Waals surface area contributed by atoms with Gasteiger partial charge >= 0.3 is 5.97 Å². The standard InChI is InChI=1S/C24H23Cl2F2N5O2/c1-23(2,8-9-31-33-30)11-18-24(12-29,15-7-6-13(25)10-17(15)27)19(21(32-18)22(34)35)14-4-3-5-16(26)20(14)28/h3-7,10,18-19,21,32H,8-9,11H2,1-2H3,(H,34,35)/t18-,19-,21+,24-/m0/s1. The molecule has 11 heteroatoms. The van der Waals surface area contributed by atoms with E-state index in [1.165, 1.54) is 30.3 Å². The van der Waals surface area contributed by atoms with E-state index >= 15 is 8.78 Å². The molecule has 0 aromatic heterocycles. The predicted octanol–water partition coefficient (Wildman–Crippen LogP) is 6.36. The summed E-state index contributed by atoms with van der Waals surface area (Å²) in [5.74, 6) is -4.32. The second-order valence-corrected chi connectivity index (χ2v) is 10.2. The van der Waals surface area contributed by atoms with Gasteiger partial charge in [0, 0.05) is 34.0 Å². The van der Waals surface area contributed by atoms with E-state index in [9.17, 15) is 15.2 Å². The molecule has 0 aliphatic carbocycles. The summed E-state index contributed by atoms with van der Waals surface area (Å²) in [6, 6.07) is 7.75. The van der Waals surface area contributed by atoms with Crippen LogP contribution in [0.3, 0.4) is 0 Å². The summed E-state index contributed by atoms with van der Waals surface area (Å²) in [6.45, 7) is 3.91. The van der Waals surface area contributed by atoms with Gasteiger partial charge in [-0.1, -0.05) is 60.4 Å². The van der Waals surface area contributed by atoms with Crippen LogP contribution < -0.4 is 5.32 Å². The number of halogens is 4. The van der Waals surface area contributed by atoms with Crippen LogP contribution in [0.15, 0.2) is 41.5 Å². The highest BCUT2D eigenvalue weighted by atomic mass is 35.5. The molecule has 35 heavy (non-hydrogen) atoms. The molecule has 3 rings (SSSR count). The van der Waals surface area contributed by atoms with Gasteiger partial charge in [0.1, 0.15) is 23.1 Å². The first-order valence-electron chi connectivity index (χ1n) is 10.8. The first kappa shape index (κ1) is 26.7. The molecule has 1 saturated heterocycles. The number of nitrogens with one attached hydrogen (secondary N) is 1. The Kier molecular flexibility index (Phi) is 7.93. The fourth-order valence-electron chi connectivity index (χ4n) is 4.98. The van der Waals surface area contributed by atoms with Gasteiger partial charge in [-0.15, -0.1) is 0 Å². The van der Waals surface area contributed by atoms with Crippen LogP contribution in [0.4, 0.5) is 8.78 Å². The lowest BCUT2D eigenvalue weighted by Gasteiger charge is -2.38. The number of carboxylic acids is 1.